The summed E-state index contributed by atoms with van der Waals surface area (Å²) in [6, 6.07) is 0. The molecule has 3 heteroatoms. The fraction of sp³-hybridized carbons (Fsp3) is 0.571. The summed E-state index contributed by atoms with van der Waals surface area (Å²) in [7, 11) is 1.63. The first-order valence-electron chi connectivity index (χ1n) is 3.52. The highest BCUT2D eigenvalue weighted by Gasteiger charge is 2.14. The molecule has 0 aromatic carbocycles. The van der Waals surface area contributed by atoms with Gasteiger partial charge in [-0.3, -0.25) is 0 Å². The molecule has 0 unspecified atom stereocenters. The van der Waals surface area contributed by atoms with Crippen LogP contribution in [0.2, 0.25) is 0 Å². The fourth-order valence-electron chi connectivity index (χ4n) is 1.38. The van der Waals surface area contributed by atoms with E-state index in [0.717, 1.165) is 6.42 Å². The molecule has 1 aliphatic carbocycles. The maximum atomic E-state index is 4.92. The lowest BCUT2D eigenvalue weighted by Gasteiger charge is -1.94. The molecular formula is C7H10N2O. The van der Waals surface area contributed by atoms with Crippen molar-refractivity contribution >= 4 is 0 Å². The zero-order valence-corrected chi connectivity index (χ0v) is 6.00. The molecule has 0 spiro atoms. The van der Waals surface area contributed by atoms with Crippen LogP contribution < -0.4 is 4.84 Å². The molecule has 0 saturated carbocycles. The first-order valence-corrected chi connectivity index (χ1v) is 3.52. The van der Waals surface area contributed by atoms with E-state index in [2.05, 4.69) is 5.10 Å². The highest BCUT2D eigenvalue weighted by molar-refractivity contribution is 5.21. The second kappa shape index (κ2) is 2.01. The topological polar surface area (TPSA) is 27.1 Å². The Balaban J connectivity index is 2.37. The van der Waals surface area contributed by atoms with Crippen LogP contribution in [-0.4, -0.2) is 17.1 Å². The van der Waals surface area contributed by atoms with Crippen molar-refractivity contribution in [2.24, 2.45) is 0 Å². The molecule has 0 N–H and O–H groups in total. The predicted octanol–water partition coefficient (Wildman–Crippen LogP) is 0.430. The van der Waals surface area contributed by atoms with Gasteiger partial charge >= 0.3 is 0 Å². The molecule has 0 saturated heterocycles. The number of hydrogen-bond donors (Lipinski definition) is 0. The number of rotatable bonds is 1. The second-order valence-electron chi connectivity index (χ2n) is 2.54. The van der Waals surface area contributed by atoms with Gasteiger partial charge in [-0.2, -0.15) is 0 Å². The molecule has 1 aromatic heterocycles. The largest absolute Gasteiger partial charge is 0.400 e. The number of aromatic nitrogens is 2. The maximum Gasteiger partial charge on any atom is 0.106 e. The normalized spacial score (nSPS) is 15.3. The van der Waals surface area contributed by atoms with E-state index in [9.17, 15) is 0 Å². The Morgan fingerprint density at radius 2 is 2.50 bits per heavy atom. The van der Waals surface area contributed by atoms with Crippen molar-refractivity contribution < 1.29 is 4.84 Å². The van der Waals surface area contributed by atoms with Gasteiger partial charge < -0.3 is 4.84 Å². The standard InChI is InChI=1S/C7H10N2O/c1-10-9-5-6-3-2-4-7(6)8-9/h5H,2-4H2,1H3. The van der Waals surface area contributed by atoms with Crippen molar-refractivity contribution in [3.05, 3.63) is 17.5 Å². The SMILES string of the molecule is COn1cc2c(n1)CCC2. The number of fused-ring (bicyclic) bond motifs is 1. The van der Waals surface area contributed by atoms with Crippen LogP contribution in [0.5, 0.6) is 0 Å². The zero-order chi connectivity index (χ0) is 6.97. The van der Waals surface area contributed by atoms with E-state index in [1.54, 1.807) is 7.11 Å². The quantitative estimate of drug-likeness (QED) is 0.562. The van der Waals surface area contributed by atoms with Gasteiger partial charge in [0.05, 0.1) is 11.9 Å². The summed E-state index contributed by atoms with van der Waals surface area (Å²) >= 11 is 0. The first kappa shape index (κ1) is 5.77. The Hall–Kier alpha value is -0.990. The van der Waals surface area contributed by atoms with Crippen molar-refractivity contribution in [1.82, 2.24) is 9.94 Å². The Kier molecular flexibility index (Phi) is 1.16. The minimum absolute atomic E-state index is 1.12. The third-order valence-electron chi connectivity index (χ3n) is 1.90. The number of aryl methyl sites for hydroxylation is 2. The summed E-state index contributed by atoms with van der Waals surface area (Å²) in [6.07, 6.45) is 5.49. The molecule has 0 radical (unpaired) electrons. The van der Waals surface area contributed by atoms with Crippen LogP contribution in [0.25, 0.3) is 0 Å². The van der Waals surface area contributed by atoms with E-state index in [0.29, 0.717) is 0 Å². The summed E-state index contributed by atoms with van der Waals surface area (Å²) in [5, 5.41) is 4.20. The van der Waals surface area contributed by atoms with E-state index in [4.69, 9.17) is 4.84 Å². The van der Waals surface area contributed by atoms with Gasteiger partial charge in [0.25, 0.3) is 0 Å². The van der Waals surface area contributed by atoms with Crippen LogP contribution >= 0.6 is 0 Å². The van der Waals surface area contributed by atoms with Crippen LogP contribution in [0.4, 0.5) is 0 Å². The lowest BCUT2D eigenvalue weighted by Crippen LogP contribution is -2.06. The van der Waals surface area contributed by atoms with Crippen LogP contribution in [0.1, 0.15) is 17.7 Å². The minimum atomic E-state index is 1.12. The van der Waals surface area contributed by atoms with E-state index in [1.807, 2.05) is 6.20 Å². The fourth-order valence-corrected chi connectivity index (χ4v) is 1.38. The Labute approximate surface area is 59.6 Å². The lowest BCUT2D eigenvalue weighted by molar-refractivity contribution is 0.132. The van der Waals surface area contributed by atoms with E-state index in [-0.39, 0.29) is 0 Å². The third-order valence-corrected chi connectivity index (χ3v) is 1.90. The average Bonchev–Trinajstić information content (AvgIpc) is 2.42. The van der Waals surface area contributed by atoms with Gasteiger partial charge in [0.1, 0.15) is 7.11 Å². The molecular weight excluding hydrogens is 128 g/mol. The molecule has 3 nitrogen and oxygen atoms in total. The molecule has 0 aliphatic heterocycles. The monoisotopic (exact) mass is 138 g/mol. The maximum absolute atomic E-state index is 4.92. The minimum Gasteiger partial charge on any atom is -0.400 e. The van der Waals surface area contributed by atoms with Gasteiger partial charge in [-0.05, 0) is 24.8 Å². The van der Waals surface area contributed by atoms with Gasteiger partial charge in [-0.1, -0.05) is 0 Å². The van der Waals surface area contributed by atoms with Gasteiger partial charge in [-0.25, -0.2) is 0 Å². The van der Waals surface area contributed by atoms with Crippen molar-refractivity contribution in [2.45, 2.75) is 19.3 Å². The predicted molar refractivity (Wildman–Crippen MR) is 36.8 cm³/mol. The smallest absolute Gasteiger partial charge is 0.106 e. The molecule has 0 atom stereocenters. The lowest BCUT2D eigenvalue weighted by atomic mass is 10.3. The van der Waals surface area contributed by atoms with Crippen LogP contribution in [0.3, 0.4) is 0 Å². The summed E-state index contributed by atoms with van der Waals surface area (Å²) in [4.78, 5) is 6.45. The number of nitrogens with zero attached hydrogens (tertiary/aromatic N) is 2. The Morgan fingerprint density at radius 1 is 1.60 bits per heavy atom. The van der Waals surface area contributed by atoms with Crippen molar-refractivity contribution in [1.29, 1.82) is 0 Å². The molecule has 1 heterocycles. The van der Waals surface area contributed by atoms with Crippen LogP contribution in [0, 0.1) is 0 Å². The van der Waals surface area contributed by atoms with Gasteiger partial charge in [0.15, 0.2) is 0 Å². The van der Waals surface area contributed by atoms with Crippen LogP contribution in [-0.2, 0) is 12.8 Å². The molecule has 2 rings (SSSR count). The third kappa shape index (κ3) is 0.701. The highest BCUT2D eigenvalue weighted by Crippen LogP contribution is 2.18. The molecule has 1 aliphatic rings. The van der Waals surface area contributed by atoms with E-state index < -0.39 is 0 Å². The molecule has 0 bridgehead atoms. The van der Waals surface area contributed by atoms with Gasteiger partial charge in [-0.15, -0.1) is 9.94 Å². The summed E-state index contributed by atoms with van der Waals surface area (Å²) in [5.74, 6) is 0. The highest BCUT2D eigenvalue weighted by atomic mass is 16.7. The number of hydrogen-bond acceptors (Lipinski definition) is 2. The average molecular weight is 138 g/mol. The molecule has 0 amide bonds. The van der Waals surface area contributed by atoms with Gasteiger partial charge in [0.2, 0.25) is 0 Å². The molecule has 0 fully saturated rings. The summed E-state index contributed by atoms with van der Waals surface area (Å²) in [6.45, 7) is 0. The van der Waals surface area contributed by atoms with E-state index >= 15 is 0 Å². The summed E-state index contributed by atoms with van der Waals surface area (Å²) in [5.41, 5.74) is 2.56. The van der Waals surface area contributed by atoms with Gasteiger partial charge in [0, 0.05) is 0 Å². The molecule has 54 valence electrons. The van der Waals surface area contributed by atoms with Crippen LogP contribution in [0.15, 0.2) is 6.20 Å². The van der Waals surface area contributed by atoms with Crippen molar-refractivity contribution in [2.75, 3.05) is 7.11 Å². The second-order valence-corrected chi connectivity index (χ2v) is 2.54. The van der Waals surface area contributed by atoms with E-state index in [1.165, 1.54) is 28.9 Å². The molecule has 1 aromatic rings. The van der Waals surface area contributed by atoms with Crippen molar-refractivity contribution in [3.8, 4) is 0 Å². The molecule has 10 heavy (non-hydrogen) atoms. The van der Waals surface area contributed by atoms with Crippen molar-refractivity contribution in [3.63, 3.8) is 0 Å². The summed E-state index contributed by atoms with van der Waals surface area (Å²) < 4.78 is 0. The first-order chi connectivity index (χ1) is 4.90. The zero-order valence-electron chi connectivity index (χ0n) is 6.00. The Bertz CT molecular complexity index is 220. The Morgan fingerprint density at radius 3 is 3.20 bits per heavy atom.